The monoisotopic (exact) mass is 408 g/mol. The molecule has 8 rings (SSSR count). The van der Waals surface area contributed by atoms with E-state index in [0.29, 0.717) is 10.8 Å². The smallest absolute Gasteiger partial charge is 0.0567 e. The number of allylic oxidation sites excluding steroid dienone is 8. The predicted octanol–water partition coefficient (Wildman–Crippen LogP) is 7.47. The van der Waals surface area contributed by atoms with Crippen molar-refractivity contribution >= 4 is 22.2 Å². The number of hydrogen-bond acceptors (Lipinski definition) is 1. The predicted molar refractivity (Wildman–Crippen MR) is 128 cm³/mol. The van der Waals surface area contributed by atoms with Gasteiger partial charge in [-0.05, 0) is 104 Å². The van der Waals surface area contributed by atoms with Crippen molar-refractivity contribution in [2.45, 2.75) is 71.1 Å². The van der Waals surface area contributed by atoms with Crippen molar-refractivity contribution < 1.29 is 0 Å². The lowest BCUT2D eigenvalue weighted by atomic mass is 9.56. The molecule has 2 aromatic heterocycles. The first kappa shape index (κ1) is 18.2. The van der Waals surface area contributed by atoms with Crippen molar-refractivity contribution in [3.8, 4) is 0 Å². The molecule has 2 nitrogen and oxygen atoms in total. The van der Waals surface area contributed by atoms with Gasteiger partial charge in [0.1, 0.15) is 0 Å². The molecule has 1 aliphatic heterocycles. The summed E-state index contributed by atoms with van der Waals surface area (Å²) in [6.45, 7) is 2.46. The van der Waals surface area contributed by atoms with Gasteiger partial charge >= 0.3 is 0 Å². The molecule has 2 heteroatoms. The molecule has 158 valence electrons. The van der Waals surface area contributed by atoms with Crippen LogP contribution in [0.5, 0.6) is 0 Å². The zero-order chi connectivity index (χ0) is 20.6. The van der Waals surface area contributed by atoms with Gasteiger partial charge in [-0.1, -0.05) is 37.3 Å². The van der Waals surface area contributed by atoms with Crippen LogP contribution in [-0.4, -0.2) is 9.55 Å². The summed E-state index contributed by atoms with van der Waals surface area (Å²) < 4.78 is 2.62. The van der Waals surface area contributed by atoms with Crippen molar-refractivity contribution in [3.05, 3.63) is 65.7 Å². The largest absolute Gasteiger partial charge is 0.312 e. The molecule has 0 radical (unpaired) electrons. The third kappa shape index (κ3) is 2.66. The molecule has 0 N–H and O–H groups in total. The summed E-state index contributed by atoms with van der Waals surface area (Å²) in [5.41, 5.74) is 9.88. The Kier molecular flexibility index (Phi) is 3.73. The summed E-state index contributed by atoms with van der Waals surface area (Å²) in [5.74, 6) is 0.817. The molecule has 2 bridgehead atoms. The third-order valence-electron chi connectivity index (χ3n) is 9.23. The van der Waals surface area contributed by atoms with Crippen LogP contribution in [0.15, 0.2) is 54.4 Å². The summed E-state index contributed by atoms with van der Waals surface area (Å²) in [6.07, 6.45) is 29.6. The van der Waals surface area contributed by atoms with Gasteiger partial charge in [-0.15, -0.1) is 0 Å². The lowest BCUT2D eigenvalue weighted by molar-refractivity contribution is 0.107. The van der Waals surface area contributed by atoms with Crippen LogP contribution in [0.1, 0.15) is 76.0 Å². The Morgan fingerprint density at radius 2 is 2.00 bits per heavy atom. The van der Waals surface area contributed by atoms with E-state index in [9.17, 15) is 0 Å². The molecular formula is C29H32N2. The lowest BCUT2D eigenvalue weighted by Gasteiger charge is -2.49. The van der Waals surface area contributed by atoms with Gasteiger partial charge in [0.25, 0.3) is 0 Å². The second-order valence-corrected chi connectivity index (χ2v) is 11.2. The fourth-order valence-corrected chi connectivity index (χ4v) is 7.34. The molecule has 1 saturated carbocycles. The molecule has 1 atom stereocenters. The number of fused-ring (bicyclic) bond motifs is 6. The first-order valence-electron chi connectivity index (χ1n) is 12.4. The topological polar surface area (TPSA) is 17.8 Å². The summed E-state index contributed by atoms with van der Waals surface area (Å²) in [4.78, 5) is 4.47. The maximum absolute atomic E-state index is 4.47. The van der Waals surface area contributed by atoms with Gasteiger partial charge in [-0.3, -0.25) is 4.98 Å². The normalized spacial score (nSPS) is 33.3. The Hall–Kier alpha value is -2.35. The van der Waals surface area contributed by atoms with Gasteiger partial charge < -0.3 is 4.57 Å². The van der Waals surface area contributed by atoms with Crippen molar-refractivity contribution in [1.82, 2.24) is 9.55 Å². The van der Waals surface area contributed by atoms with E-state index < -0.39 is 0 Å². The molecule has 6 aliphatic rings. The Balaban J connectivity index is 1.28. The molecule has 0 amide bonds. The first-order chi connectivity index (χ1) is 15.1. The summed E-state index contributed by atoms with van der Waals surface area (Å²) in [6, 6.07) is 2.23. The molecule has 5 aliphatic carbocycles. The van der Waals surface area contributed by atoms with Crippen LogP contribution in [0.4, 0.5) is 0 Å². The van der Waals surface area contributed by atoms with Gasteiger partial charge in [0.2, 0.25) is 0 Å². The summed E-state index contributed by atoms with van der Waals surface area (Å²) >= 11 is 0. The van der Waals surface area contributed by atoms with E-state index in [1.165, 1.54) is 79.1 Å². The van der Waals surface area contributed by atoms with E-state index >= 15 is 0 Å². The van der Waals surface area contributed by atoms with Crippen LogP contribution in [0, 0.1) is 16.7 Å². The maximum atomic E-state index is 4.47. The van der Waals surface area contributed by atoms with Crippen molar-refractivity contribution in [3.63, 3.8) is 0 Å². The number of aromatic nitrogens is 2. The third-order valence-corrected chi connectivity index (χ3v) is 9.23. The molecule has 0 spiro atoms. The van der Waals surface area contributed by atoms with Crippen molar-refractivity contribution in [1.29, 1.82) is 0 Å². The molecule has 1 fully saturated rings. The molecule has 2 aromatic rings. The Bertz CT molecular complexity index is 1210. The Morgan fingerprint density at radius 3 is 2.84 bits per heavy atom. The van der Waals surface area contributed by atoms with E-state index in [4.69, 9.17) is 0 Å². The highest BCUT2D eigenvalue weighted by Crippen LogP contribution is 2.56. The zero-order valence-corrected chi connectivity index (χ0v) is 18.7. The fraction of sp³-hybridized carbons (Fsp3) is 0.483. The second kappa shape index (κ2) is 6.34. The first-order valence-corrected chi connectivity index (χ1v) is 12.4. The second-order valence-electron chi connectivity index (χ2n) is 11.2. The summed E-state index contributed by atoms with van der Waals surface area (Å²) in [5, 5.41) is 1.36. The highest BCUT2D eigenvalue weighted by molar-refractivity contribution is 5.96. The van der Waals surface area contributed by atoms with Gasteiger partial charge in [0, 0.05) is 23.5 Å². The van der Waals surface area contributed by atoms with Gasteiger partial charge in [0.05, 0.1) is 11.2 Å². The van der Waals surface area contributed by atoms with Crippen LogP contribution < -0.4 is 0 Å². The standard InChI is InChI=1S/C29H32N2/c1-28-10-13-29(14-11-28,15-12-28)18-20-5-8-25-22(17-20)7-6-21-3-2-4-23-24-19-30-16-9-26(24)31(25)27(21)23/h3,6-7,9-10,13,16,19-20H,2,4-5,8,11-12,14-15,17-18H2,1H3. The van der Waals surface area contributed by atoms with Crippen LogP contribution in [0.25, 0.3) is 22.2 Å². The molecule has 0 saturated heterocycles. The van der Waals surface area contributed by atoms with E-state index in [2.05, 4.69) is 59.1 Å². The quantitative estimate of drug-likeness (QED) is 0.471. The molecule has 0 aromatic carbocycles. The minimum absolute atomic E-state index is 0.493. The van der Waals surface area contributed by atoms with Crippen molar-refractivity contribution in [2.75, 3.05) is 0 Å². The average molecular weight is 409 g/mol. The van der Waals surface area contributed by atoms with Crippen LogP contribution >= 0.6 is 0 Å². The Labute approximate surface area is 185 Å². The highest BCUT2D eigenvalue weighted by atomic mass is 15.0. The molecule has 1 unspecified atom stereocenters. The summed E-state index contributed by atoms with van der Waals surface area (Å²) in [7, 11) is 0. The Morgan fingerprint density at radius 1 is 1.10 bits per heavy atom. The van der Waals surface area contributed by atoms with E-state index in [0.717, 1.165) is 18.8 Å². The van der Waals surface area contributed by atoms with Crippen LogP contribution in [0.3, 0.4) is 0 Å². The number of hydrogen-bond donors (Lipinski definition) is 0. The molecular weight excluding hydrogens is 376 g/mol. The SMILES string of the molecule is CC12C=CC(CC3CCC4=C(C=CC5=CCCc6c5n4c4ccncc64)C3)(CC1)CC2. The van der Waals surface area contributed by atoms with Crippen LogP contribution in [-0.2, 0) is 6.42 Å². The van der Waals surface area contributed by atoms with Gasteiger partial charge in [-0.25, -0.2) is 0 Å². The van der Waals surface area contributed by atoms with Gasteiger partial charge in [0.15, 0.2) is 0 Å². The molecule has 3 heterocycles. The van der Waals surface area contributed by atoms with Crippen molar-refractivity contribution in [2.24, 2.45) is 16.7 Å². The van der Waals surface area contributed by atoms with Gasteiger partial charge in [-0.2, -0.15) is 0 Å². The zero-order valence-electron chi connectivity index (χ0n) is 18.7. The number of aryl methyl sites for hydroxylation is 1. The fourth-order valence-electron chi connectivity index (χ4n) is 7.34. The minimum Gasteiger partial charge on any atom is -0.312 e. The van der Waals surface area contributed by atoms with Crippen LogP contribution in [0.2, 0.25) is 0 Å². The number of nitrogens with zero attached hydrogens (tertiary/aromatic N) is 2. The number of pyridine rings is 1. The molecule has 31 heavy (non-hydrogen) atoms. The number of rotatable bonds is 2. The van der Waals surface area contributed by atoms with E-state index in [-0.39, 0.29) is 0 Å². The highest BCUT2D eigenvalue weighted by Gasteiger charge is 2.43. The maximum Gasteiger partial charge on any atom is 0.0567 e. The average Bonchev–Trinajstić information content (AvgIpc) is 3.04. The van der Waals surface area contributed by atoms with E-state index in [1.807, 2.05) is 6.20 Å². The minimum atomic E-state index is 0.493. The van der Waals surface area contributed by atoms with E-state index in [1.54, 1.807) is 11.3 Å². The lowest BCUT2D eigenvalue weighted by Crippen LogP contribution is -2.37.